The van der Waals surface area contributed by atoms with Crippen molar-refractivity contribution >= 4 is 6.08 Å². The molecule has 0 heterocycles. The second-order valence-corrected chi connectivity index (χ2v) is 5.57. The Bertz CT molecular complexity index is 379. The summed E-state index contributed by atoms with van der Waals surface area (Å²) in [6.07, 6.45) is 2.87. The number of hydrogen-bond donors (Lipinski definition) is 0. The lowest BCUT2D eigenvalue weighted by Crippen LogP contribution is -2.39. The quantitative estimate of drug-likeness (QED) is 0.708. The van der Waals surface area contributed by atoms with Gasteiger partial charge in [0.05, 0.1) is 6.61 Å². The summed E-state index contributed by atoms with van der Waals surface area (Å²) in [5.74, 6) is 0.922. The summed E-state index contributed by atoms with van der Waals surface area (Å²) in [6, 6.07) is 8.02. The van der Waals surface area contributed by atoms with Gasteiger partial charge in [0.2, 0.25) is 0 Å². The predicted molar refractivity (Wildman–Crippen MR) is 79.0 cm³/mol. The largest absolute Gasteiger partial charge is 0.494 e. The molecule has 1 aromatic rings. The van der Waals surface area contributed by atoms with Crippen molar-refractivity contribution in [1.82, 2.24) is 4.90 Å². The van der Waals surface area contributed by atoms with Crippen molar-refractivity contribution in [2.24, 2.45) is 0 Å². The lowest BCUT2D eigenvalue weighted by molar-refractivity contribution is 0.161. The van der Waals surface area contributed by atoms with Crippen LogP contribution in [0.25, 0.3) is 6.08 Å². The van der Waals surface area contributed by atoms with Crippen molar-refractivity contribution in [3.63, 3.8) is 0 Å². The minimum absolute atomic E-state index is 0.225. The number of nitrogens with zero attached hydrogens (tertiary/aromatic N) is 1. The van der Waals surface area contributed by atoms with Gasteiger partial charge in [-0.3, -0.25) is 0 Å². The van der Waals surface area contributed by atoms with Gasteiger partial charge in [0, 0.05) is 12.1 Å². The number of hydrogen-bond acceptors (Lipinski definition) is 2. The Morgan fingerprint density at radius 1 is 1.33 bits per heavy atom. The topological polar surface area (TPSA) is 12.5 Å². The molecule has 0 fully saturated rings. The van der Waals surface area contributed by atoms with Gasteiger partial charge in [-0.25, -0.2) is 0 Å². The summed E-state index contributed by atoms with van der Waals surface area (Å²) >= 11 is 0. The van der Waals surface area contributed by atoms with E-state index in [0.717, 1.165) is 30.9 Å². The third-order valence-electron chi connectivity index (χ3n) is 3.15. The molecule has 0 spiro atoms. The molecule has 2 heteroatoms. The molecular weight excluding hydrogens is 222 g/mol. The molecular formula is C16H25NO. The zero-order valence-electron chi connectivity index (χ0n) is 12.1. The van der Waals surface area contributed by atoms with Crippen molar-refractivity contribution < 1.29 is 4.74 Å². The molecule has 0 saturated heterocycles. The van der Waals surface area contributed by atoms with Crippen LogP contribution in [0.2, 0.25) is 0 Å². The molecule has 18 heavy (non-hydrogen) atoms. The fourth-order valence-corrected chi connectivity index (χ4v) is 1.56. The molecule has 2 nitrogen and oxygen atoms in total. The Labute approximate surface area is 111 Å². The van der Waals surface area contributed by atoms with E-state index in [1.165, 1.54) is 0 Å². The molecule has 0 aliphatic carbocycles. The average Bonchev–Trinajstić information content (AvgIpc) is 2.33. The monoisotopic (exact) mass is 247 g/mol. The average molecular weight is 247 g/mol. The van der Waals surface area contributed by atoms with Crippen LogP contribution in [0.15, 0.2) is 30.8 Å². The molecule has 0 saturated carbocycles. The molecule has 0 aliphatic rings. The van der Waals surface area contributed by atoms with E-state index in [1.807, 2.05) is 30.3 Å². The molecule has 0 unspecified atom stereocenters. The van der Waals surface area contributed by atoms with Crippen molar-refractivity contribution in [2.45, 2.75) is 32.7 Å². The van der Waals surface area contributed by atoms with Crippen molar-refractivity contribution in [2.75, 3.05) is 20.2 Å². The SMILES string of the molecule is C=Cc1cccc(OCCCN(C)C(C)(C)C)c1. The van der Waals surface area contributed by atoms with E-state index in [2.05, 4.69) is 39.3 Å². The molecule has 100 valence electrons. The Morgan fingerprint density at radius 3 is 2.67 bits per heavy atom. The van der Waals surface area contributed by atoms with Crippen LogP contribution in [0, 0.1) is 0 Å². The smallest absolute Gasteiger partial charge is 0.119 e. The molecule has 1 rings (SSSR count). The Kier molecular flexibility index (Phi) is 5.42. The van der Waals surface area contributed by atoms with Gasteiger partial charge >= 0.3 is 0 Å². The first kappa shape index (κ1) is 14.8. The first-order chi connectivity index (χ1) is 8.43. The fraction of sp³-hybridized carbons (Fsp3) is 0.500. The lowest BCUT2D eigenvalue weighted by Gasteiger charge is -2.31. The standard InChI is InChI=1S/C16H25NO/c1-6-14-9-7-10-15(13-14)18-12-8-11-17(5)16(2,3)4/h6-7,9-10,13H,1,8,11-12H2,2-5H3. The summed E-state index contributed by atoms with van der Waals surface area (Å²) in [6.45, 7) is 12.2. The summed E-state index contributed by atoms with van der Waals surface area (Å²) in [5.41, 5.74) is 1.32. The minimum Gasteiger partial charge on any atom is -0.494 e. The Hall–Kier alpha value is -1.28. The van der Waals surface area contributed by atoms with E-state index in [1.54, 1.807) is 0 Å². The molecule has 0 aliphatic heterocycles. The van der Waals surface area contributed by atoms with E-state index in [4.69, 9.17) is 4.74 Å². The molecule has 0 bridgehead atoms. The van der Waals surface area contributed by atoms with Gasteiger partial charge in [-0.05, 0) is 51.9 Å². The van der Waals surface area contributed by atoms with Crippen LogP contribution in [0.1, 0.15) is 32.8 Å². The van der Waals surface area contributed by atoms with Crippen LogP contribution < -0.4 is 4.74 Å². The van der Waals surface area contributed by atoms with Gasteiger partial charge in [0.25, 0.3) is 0 Å². The highest BCUT2D eigenvalue weighted by molar-refractivity contribution is 5.49. The number of rotatable bonds is 6. The van der Waals surface area contributed by atoms with Crippen LogP contribution in [0.4, 0.5) is 0 Å². The maximum Gasteiger partial charge on any atom is 0.119 e. The van der Waals surface area contributed by atoms with E-state index in [-0.39, 0.29) is 5.54 Å². The second-order valence-electron chi connectivity index (χ2n) is 5.57. The van der Waals surface area contributed by atoms with E-state index < -0.39 is 0 Å². The van der Waals surface area contributed by atoms with Crippen LogP contribution >= 0.6 is 0 Å². The molecule has 0 radical (unpaired) electrons. The Morgan fingerprint density at radius 2 is 2.06 bits per heavy atom. The van der Waals surface area contributed by atoms with Gasteiger partial charge in [0.1, 0.15) is 5.75 Å². The van der Waals surface area contributed by atoms with Crippen LogP contribution in [0.3, 0.4) is 0 Å². The van der Waals surface area contributed by atoms with Gasteiger partial charge < -0.3 is 9.64 Å². The fourth-order valence-electron chi connectivity index (χ4n) is 1.56. The van der Waals surface area contributed by atoms with Crippen molar-refractivity contribution in [3.05, 3.63) is 36.4 Å². The van der Waals surface area contributed by atoms with Crippen LogP contribution in [-0.2, 0) is 0 Å². The summed E-state index contributed by atoms with van der Waals surface area (Å²) < 4.78 is 5.74. The summed E-state index contributed by atoms with van der Waals surface area (Å²) in [5, 5.41) is 0. The van der Waals surface area contributed by atoms with E-state index >= 15 is 0 Å². The normalized spacial score (nSPS) is 11.6. The van der Waals surface area contributed by atoms with Gasteiger partial charge in [0.15, 0.2) is 0 Å². The van der Waals surface area contributed by atoms with Crippen molar-refractivity contribution in [3.8, 4) is 5.75 Å². The number of benzene rings is 1. The van der Waals surface area contributed by atoms with Crippen molar-refractivity contribution in [1.29, 1.82) is 0 Å². The van der Waals surface area contributed by atoms with Gasteiger partial charge in [-0.1, -0.05) is 24.8 Å². The zero-order valence-corrected chi connectivity index (χ0v) is 12.1. The Balaban J connectivity index is 2.31. The first-order valence-electron chi connectivity index (χ1n) is 6.50. The molecule has 0 aromatic heterocycles. The van der Waals surface area contributed by atoms with Crippen LogP contribution in [0.5, 0.6) is 5.75 Å². The molecule has 0 atom stereocenters. The first-order valence-corrected chi connectivity index (χ1v) is 6.50. The highest BCUT2D eigenvalue weighted by Crippen LogP contribution is 2.15. The third-order valence-corrected chi connectivity index (χ3v) is 3.15. The summed E-state index contributed by atoms with van der Waals surface area (Å²) in [4.78, 5) is 2.34. The van der Waals surface area contributed by atoms with E-state index in [9.17, 15) is 0 Å². The summed E-state index contributed by atoms with van der Waals surface area (Å²) in [7, 11) is 2.15. The number of ether oxygens (including phenoxy) is 1. The zero-order chi connectivity index (χ0) is 13.6. The predicted octanol–water partition coefficient (Wildman–Crippen LogP) is 3.83. The van der Waals surface area contributed by atoms with Gasteiger partial charge in [-0.2, -0.15) is 0 Å². The van der Waals surface area contributed by atoms with E-state index in [0.29, 0.717) is 0 Å². The maximum absolute atomic E-state index is 5.74. The molecule has 0 N–H and O–H groups in total. The lowest BCUT2D eigenvalue weighted by atomic mass is 10.1. The third kappa shape index (κ3) is 4.92. The minimum atomic E-state index is 0.225. The molecule has 1 aromatic carbocycles. The van der Waals surface area contributed by atoms with Crippen LogP contribution in [-0.4, -0.2) is 30.6 Å². The maximum atomic E-state index is 5.74. The highest BCUT2D eigenvalue weighted by Gasteiger charge is 2.15. The van der Waals surface area contributed by atoms with Gasteiger partial charge in [-0.15, -0.1) is 0 Å². The highest BCUT2D eigenvalue weighted by atomic mass is 16.5. The molecule has 0 amide bonds. The second kappa shape index (κ2) is 6.60.